The summed E-state index contributed by atoms with van der Waals surface area (Å²) in [5.41, 5.74) is 6.67. The number of thiazole rings is 1. The van der Waals surface area contributed by atoms with Crippen LogP contribution in [-0.4, -0.2) is 34.7 Å². The second kappa shape index (κ2) is 12.9. The van der Waals surface area contributed by atoms with Crippen molar-refractivity contribution in [2.45, 2.75) is 47.2 Å². The molecule has 1 N–H and O–H groups in total. The largest absolute Gasteiger partial charge is 0.497 e. The number of esters is 1. The van der Waals surface area contributed by atoms with Crippen molar-refractivity contribution in [1.82, 2.24) is 9.13 Å². The van der Waals surface area contributed by atoms with E-state index in [1.54, 1.807) is 25.5 Å². The fourth-order valence-corrected chi connectivity index (χ4v) is 7.20. The van der Waals surface area contributed by atoms with Gasteiger partial charge in [-0.1, -0.05) is 59.4 Å². The number of nitrogens with zero attached hydrogens (tertiary/aromatic N) is 3. The quantitative estimate of drug-likeness (QED) is 0.229. The molecule has 1 aliphatic heterocycles. The summed E-state index contributed by atoms with van der Waals surface area (Å²) < 4.78 is 14.6. The molecule has 9 nitrogen and oxygen atoms in total. The lowest BCUT2D eigenvalue weighted by molar-refractivity contribution is -0.143. The Morgan fingerprint density at radius 3 is 2.47 bits per heavy atom. The number of anilines is 1. The third-order valence-corrected chi connectivity index (χ3v) is 9.46. The molecule has 0 bridgehead atoms. The number of carbonyl (C=O) groups is 2. The summed E-state index contributed by atoms with van der Waals surface area (Å²) >= 11 is 1.27. The topological polar surface area (TPSA) is 104 Å². The molecule has 2 aromatic heterocycles. The number of nitrogens with one attached hydrogen (secondary N) is 1. The number of aryl methyl sites for hydroxylation is 2. The fourth-order valence-electron chi connectivity index (χ4n) is 6.17. The van der Waals surface area contributed by atoms with Crippen LogP contribution in [0.1, 0.15) is 47.8 Å². The van der Waals surface area contributed by atoms with Gasteiger partial charge in [-0.15, -0.1) is 0 Å². The van der Waals surface area contributed by atoms with E-state index in [-0.39, 0.29) is 24.0 Å². The highest BCUT2D eigenvalue weighted by Gasteiger charge is 2.33. The van der Waals surface area contributed by atoms with Gasteiger partial charge in [-0.05, 0) is 76.1 Å². The predicted molar refractivity (Wildman–Crippen MR) is 185 cm³/mol. The smallest absolute Gasteiger partial charge is 0.325 e. The van der Waals surface area contributed by atoms with E-state index in [2.05, 4.69) is 5.32 Å². The van der Waals surface area contributed by atoms with Crippen LogP contribution >= 0.6 is 11.3 Å². The van der Waals surface area contributed by atoms with Gasteiger partial charge in [0, 0.05) is 27.8 Å². The van der Waals surface area contributed by atoms with Crippen LogP contribution < -0.4 is 24.9 Å². The number of methoxy groups -OCH3 is 1. The highest BCUT2D eigenvalue weighted by Crippen LogP contribution is 2.32. The molecule has 5 aromatic rings. The Bertz CT molecular complexity index is 2260. The second-order valence-electron chi connectivity index (χ2n) is 11.5. The van der Waals surface area contributed by atoms with Gasteiger partial charge in [-0.2, -0.15) is 0 Å². The molecule has 1 amide bonds. The molecule has 10 heteroatoms. The Morgan fingerprint density at radius 1 is 1.02 bits per heavy atom. The molecule has 6 rings (SSSR count). The molecule has 0 spiro atoms. The van der Waals surface area contributed by atoms with Gasteiger partial charge in [0.1, 0.15) is 12.3 Å². The van der Waals surface area contributed by atoms with Crippen LogP contribution in [0.3, 0.4) is 0 Å². The third-order valence-electron chi connectivity index (χ3n) is 8.48. The molecule has 0 fully saturated rings. The van der Waals surface area contributed by atoms with E-state index in [0.29, 0.717) is 38.6 Å². The minimum absolute atomic E-state index is 0.0604. The number of aromatic nitrogens is 2. The first-order valence-electron chi connectivity index (χ1n) is 15.4. The molecule has 47 heavy (non-hydrogen) atoms. The second-order valence-corrected chi connectivity index (χ2v) is 12.5. The van der Waals surface area contributed by atoms with Crippen molar-refractivity contribution in [3.63, 3.8) is 0 Å². The number of carbonyl (C=O) groups excluding carboxylic acids is 2. The van der Waals surface area contributed by atoms with E-state index in [1.165, 1.54) is 11.3 Å². The molecule has 1 atom stereocenters. The Labute approximate surface area is 276 Å². The number of hydrogen-bond acceptors (Lipinski definition) is 7. The number of allylic oxidation sites excluding steroid dienone is 1. The molecule has 0 saturated heterocycles. The number of rotatable bonds is 8. The Hall–Kier alpha value is -5.22. The van der Waals surface area contributed by atoms with Crippen LogP contribution in [0.15, 0.2) is 87.8 Å². The number of hydrogen-bond donors (Lipinski definition) is 1. The molecular weight excluding hydrogens is 612 g/mol. The summed E-state index contributed by atoms with van der Waals surface area (Å²) in [4.78, 5) is 46.2. The summed E-state index contributed by atoms with van der Waals surface area (Å²) in [6.07, 6.45) is 1.86. The maximum absolute atomic E-state index is 14.4. The average molecular weight is 649 g/mol. The van der Waals surface area contributed by atoms with E-state index in [9.17, 15) is 14.4 Å². The molecule has 3 heterocycles. The minimum atomic E-state index is -0.726. The van der Waals surface area contributed by atoms with E-state index in [0.717, 1.165) is 38.9 Å². The standard InChI is InChI=1S/C37H36N4O5S/c1-7-46-32(42)20-40-24(5)28(27-10-8-9-11-30(27)40)19-31-36(44)41-34(25-13-15-26(45-6)16-14-25)33(23(4)38-37(41)47-31)35(43)39-29-17-12-21(2)18-22(29)3/h8-19,34H,7,20H2,1-6H3,(H,39,43)/b31-19-/t34-/m1/s1. The van der Waals surface area contributed by atoms with Crippen molar-refractivity contribution in [2.75, 3.05) is 19.0 Å². The van der Waals surface area contributed by atoms with Gasteiger partial charge < -0.3 is 19.4 Å². The SMILES string of the molecule is CCOC(=O)Cn1c(C)c(/C=c2\sc3n(c2=O)[C@H](c2ccc(OC)cc2)C(C(=O)Nc2ccc(C)cc2C)=C(C)N=3)c2ccccc21. The molecule has 0 unspecified atom stereocenters. The van der Waals surface area contributed by atoms with Crippen LogP contribution in [0, 0.1) is 20.8 Å². The third kappa shape index (κ3) is 5.92. The molecule has 240 valence electrons. The molecular formula is C37H36N4O5S. The highest BCUT2D eigenvalue weighted by atomic mass is 32.1. The average Bonchev–Trinajstić information content (AvgIpc) is 3.50. The van der Waals surface area contributed by atoms with Crippen molar-refractivity contribution in [2.24, 2.45) is 4.99 Å². The number of para-hydroxylation sites is 1. The molecule has 0 radical (unpaired) electrons. The first-order valence-corrected chi connectivity index (χ1v) is 16.2. The maximum Gasteiger partial charge on any atom is 0.325 e. The first kappa shape index (κ1) is 31.7. The molecule has 1 aliphatic rings. The van der Waals surface area contributed by atoms with E-state index in [1.807, 2.05) is 98.1 Å². The Kier molecular flexibility index (Phi) is 8.70. The first-order chi connectivity index (χ1) is 22.6. The normalized spacial score (nSPS) is 14.6. The van der Waals surface area contributed by atoms with Crippen molar-refractivity contribution < 1.29 is 19.1 Å². The van der Waals surface area contributed by atoms with Gasteiger partial charge in [0.05, 0.1) is 35.6 Å². The van der Waals surface area contributed by atoms with Crippen LogP contribution in [-0.2, 0) is 20.9 Å². The Balaban J connectivity index is 1.51. The zero-order valence-corrected chi connectivity index (χ0v) is 28.0. The van der Waals surface area contributed by atoms with Gasteiger partial charge >= 0.3 is 5.97 Å². The number of fused-ring (bicyclic) bond motifs is 2. The van der Waals surface area contributed by atoms with Gasteiger partial charge in [0.2, 0.25) is 0 Å². The van der Waals surface area contributed by atoms with Crippen LogP contribution in [0.4, 0.5) is 5.69 Å². The van der Waals surface area contributed by atoms with Crippen molar-refractivity contribution in [3.05, 3.63) is 126 Å². The van der Waals surface area contributed by atoms with Gasteiger partial charge in [0.15, 0.2) is 4.80 Å². The molecule has 0 aliphatic carbocycles. The monoisotopic (exact) mass is 648 g/mol. The van der Waals surface area contributed by atoms with Crippen molar-refractivity contribution in [3.8, 4) is 5.75 Å². The van der Waals surface area contributed by atoms with E-state index >= 15 is 0 Å². The van der Waals surface area contributed by atoms with Crippen molar-refractivity contribution in [1.29, 1.82) is 0 Å². The van der Waals surface area contributed by atoms with Gasteiger partial charge in [-0.25, -0.2) is 4.99 Å². The molecule has 3 aromatic carbocycles. The van der Waals surface area contributed by atoms with Crippen LogP contribution in [0.5, 0.6) is 5.75 Å². The lowest BCUT2D eigenvalue weighted by Gasteiger charge is -2.25. The van der Waals surface area contributed by atoms with Crippen LogP contribution in [0.2, 0.25) is 0 Å². The summed E-state index contributed by atoms with van der Waals surface area (Å²) in [7, 11) is 1.59. The highest BCUT2D eigenvalue weighted by molar-refractivity contribution is 7.07. The lowest BCUT2D eigenvalue weighted by atomic mass is 9.95. The summed E-state index contributed by atoms with van der Waals surface area (Å²) in [6.45, 7) is 9.83. The van der Waals surface area contributed by atoms with Crippen molar-refractivity contribution >= 4 is 45.9 Å². The van der Waals surface area contributed by atoms with E-state index < -0.39 is 6.04 Å². The minimum Gasteiger partial charge on any atom is -0.497 e. The van der Waals surface area contributed by atoms with Gasteiger partial charge in [-0.3, -0.25) is 19.0 Å². The summed E-state index contributed by atoms with van der Waals surface area (Å²) in [5, 5.41) is 3.98. The zero-order chi connectivity index (χ0) is 33.4. The fraction of sp³-hybridized carbons (Fsp3) is 0.243. The zero-order valence-electron chi connectivity index (χ0n) is 27.2. The number of ether oxygens (including phenoxy) is 2. The summed E-state index contributed by atoms with van der Waals surface area (Å²) in [5.74, 6) is 0.00730. The summed E-state index contributed by atoms with van der Waals surface area (Å²) in [6, 6.07) is 20.3. The number of benzene rings is 3. The lowest BCUT2D eigenvalue weighted by Crippen LogP contribution is -2.40. The molecule has 0 saturated carbocycles. The maximum atomic E-state index is 14.4. The van der Waals surface area contributed by atoms with Gasteiger partial charge in [0.25, 0.3) is 11.5 Å². The number of amides is 1. The van der Waals surface area contributed by atoms with Crippen LogP contribution in [0.25, 0.3) is 17.0 Å². The predicted octanol–water partition coefficient (Wildman–Crippen LogP) is 5.33. The Morgan fingerprint density at radius 2 is 1.77 bits per heavy atom. The van der Waals surface area contributed by atoms with E-state index in [4.69, 9.17) is 14.5 Å².